The van der Waals surface area contributed by atoms with Crippen molar-refractivity contribution in [2.75, 3.05) is 12.4 Å². The molecule has 0 fully saturated rings. The van der Waals surface area contributed by atoms with Gasteiger partial charge in [-0.15, -0.1) is 0 Å². The van der Waals surface area contributed by atoms with Gasteiger partial charge in [-0.2, -0.15) is 12.6 Å². The Hall–Kier alpha value is -0.630. The molecule has 0 spiro atoms. The molecule has 2 heteroatoms. The lowest BCUT2D eigenvalue weighted by Gasteiger charge is -2.20. The summed E-state index contributed by atoms with van der Waals surface area (Å²) >= 11 is 4.40. The average Bonchev–Trinajstić information content (AvgIpc) is 2.31. The smallest absolute Gasteiger partial charge is 0.122 e. The molecule has 0 aliphatic rings. The molecule has 18 heavy (non-hydrogen) atoms. The van der Waals surface area contributed by atoms with E-state index in [0.29, 0.717) is 17.8 Å². The highest BCUT2D eigenvalue weighted by Crippen LogP contribution is 2.25. The minimum Gasteiger partial charge on any atom is -0.493 e. The summed E-state index contributed by atoms with van der Waals surface area (Å²) in [6, 6.07) is 6.51. The zero-order valence-electron chi connectivity index (χ0n) is 12.2. The van der Waals surface area contributed by atoms with Gasteiger partial charge in [-0.3, -0.25) is 0 Å². The summed E-state index contributed by atoms with van der Waals surface area (Å²) in [6.45, 7) is 11.7. The standard InChI is InChI=1S/C16H26OS/c1-11(2)14-7-6-13(5)16(8-14)17-9-15(10-18)12(3)4/h6-8,11-12,15,18H,9-10H2,1-5H3. The topological polar surface area (TPSA) is 9.23 Å². The van der Waals surface area contributed by atoms with Crippen LogP contribution in [0.4, 0.5) is 0 Å². The molecule has 0 heterocycles. The fourth-order valence-electron chi connectivity index (χ4n) is 1.78. The van der Waals surface area contributed by atoms with Crippen LogP contribution in [0, 0.1) is 18.8 Å². The third kappa shape index (κ3) is 4.24. The highest BCUT2D eigenvalue weighted by atomic mass is 32.1. The van der Waals surface area contributed by atoms with Crippen LogP contribution in [0.1, 0.15) is 44.7 Å². The highest BCUT2D eigenvalue weighted by Gasteiger charge is 2.13. The summed E-state index contributed by atoms with van der Waals surface area (Å²) in [5, 5.41) is 0. The van der Waals surface area contributed by atoms with Crippen LogP contribution in [0.25, 0.3) is 0 Å². The molecular weight excluding hydrogens is 240 g/mol. The largest absolute Gasteiger partial charge is 0.493 e. The maximum Gasteiger partial charge on any atom is 0.122 e. The van der Waals surface area contributed by atoms with Gasteiger partial charge in [0.05, 0.1) is 6.61 Å². The van der Waals surface area contributed by atoms with E-state index in [1.165, 1.54) is 11.1 Å². The molecule has 0 aliphatic carbocycles. The van der Waals surface area contributed by atoms with E-state index in [1.807, 2.05) is 0 Å². The number of benzene rings is 1. The summed E-state index contributed by atoms with van der Waals surface area (Å²) in [7, 11) is 0. The number of rotatable bonds is 6. The van der Waals surface area contributed by atoms with E-state index in [-0.39, 0.29) is 0 Å². The van der Waals surface area contributed by atoms with Crippen molar-refractivity contribution in [3.05, 3.63) is 29.3 Å². The predicted octanol–water partition coefficient (Wildman–Crippen LogP) is 4.70. The molecule has 0 bridgehead atoms. The summed E-state index contributed by atoms with van der Waals surface area (Å²) < 4.78 is 5.99. The predicted molar refractivity (Wildman–Crippen MR) is 82.9 cm³/mol. The molecule has 102 valence electrons. The van der Waals surface area contributed by atoms with Crippen molar-refractivity contribution in [3.63, 3.8) is 0 Å². The van der Waals surface area contributed by atoms with Crippen LogP contribution in [-0.2, 0) is 0 Å². The quantitative estimate of drug-likeness (QED) is 0.734. The van der Waals surface area contributed by atoms with Crippen LogP contribution in [0.2, 0.25) is 0 Å². The first-order valence-corrected chi connectivity index (χ1v) is 7.43. The molecule has 1 nitrogen and oxygen atoms in total. The van der Waals surface area contributed by atoms with Crippen LogP contribution in [0.15, 0.2) is 18.2 Å². The molecule has 0 N–H and O–H groups in total. The monoisotopic (exact) mass is 266 g/mol. The Morgan fingerprint density at radius 3 is 2.33 bits per heavy atom. The van der Waals surface area contributed by atoms with Gasteiger partial charge in [-0.1, -0.05) is 39.8 Å². The third-order valence-electron chi connectivity index (χ3n) is 3.51. The lowest BCUT2D eigenvalue weighted by molar-refractivity contribution is 0.225. The minimum atomic E-state index is 0.510. The fourth-order valence-corrected chi connectivity index (χ4v) is 2.31. The zero-order valence-corrected chi connectivity index (χ0v) is 13.1. The van der Waals surface area contributed by atoms with E-state index in [0.717, 1.165) is 18.1 Å². The van der Waals surface area contributed by atoms with E-state index >= 15 is 0 Å². The Morgan fingerprint density at radius 2 is 1.83 bits per heavy atom. The molecule has 1 aromatic rings. The number of ether oxygens (including phenoxy) is 1. The second-order valence-corrected chi connectivity index (χ2v) is 6.04. The second kappa shape index (κ2) is 7.08. The Balaban J connectivity index is 2.74. The Bertz CT molecular complexity index is 371. The molecule has 1 rings (SSSR count). The van der Waals surface area contributed by atoms with Gasteiger partial charge in [0.1, 0.15) is 5.75 Å². The molecule has 1 atom stereocenters. The van der Waals surface area contributed by atoms with E-state index in [1.54, 1.807) is 0 Å². The first-order chi connectivity index (χ1) is 8.45. The number of aryl methyl sites for hydroxylation is 1. The molecule has 0 saturated heterocycles. The van der Waals surface area contributed by atoms with Gasteiger partial charge in [0.2, 0.25) is 0 Å². The van der Waals surface area contributed by atoms with Crippen molar-refractivity contribution < 1.29 is 4.74 Å². The first kappa shape index (κ1) is 15.4. The van der Waals surface area contributed by atoms with Crippen molar-refractivity contribution in [1.29, 1.82) is 0 Å². The third-order valence-corrected chi connectivity index (χ3v) is 3.98. The van der Waals surface area contributed by atoms with Gasteiger partial charge in [-0.25, -0.2) is 0 Å². The van der Waals surface area contributed by atoms with Gasteiger partial charge < -0.3 is 4.74 Å². The molecule has 0 aromatic heterocycles. The molecule has 0 radical (unpaired) electrons. The Morgan fingerprint density at radius 1 is 1.17 bits per heavy atom. The molecule has 0 amide bonds. The average molecular weight is 266 g/mol. The summed E-state index contributed by atoms with van der Waals surface area (Å²) in [6.07, 6.45) is 0. The second-order valence-electron chi connectivity index (χ2n) is 5.68. The van der Waals surface area contributed by atoms with Crippen molar-refractivity contribution in [3.8, 4) is 5.75 Å². The van der Waals surface area contributed by atoms with Crippen molar-refractivity contribution in [1.82, 2.24) is 0 Å². The van der Waals surface area contributed by atoms with Crippen LogP contribution >= 0.6 is 12.6 Å². The summed E-state index contributed by atoms with van der Waals surface area (Å²) in [5.74, 6) is 3.56. The van der Waals surface area contributed by atoms with Gasteiger partial charge in [0.15, 0.2) is 0 Å². The molecule has 0 saturated carbocycles. The maximum absolute atomic E-state index is 5.99. The Kier molecular flexibility index (Phi) is 6.07. The van der Waals surface area contributed by atoms with Gasteiger partial charge in [0, 0.05) is 5.92 Å². The fraction of sp³-hybridized carbons (Fsp3) is 0.625. The lowest BCUT2D eigenvalue weighted by Crippen LogP contribution is -2.19. The normalized spacial score (nSPS) is 13.1. The van der Waals surface area contributed by atoms with Gasteiger partial charge in [-0.05, 0) is 41.7 Å². The van der Waals surface area contributed by atoms with Crippen molar-refractivity contribution in [2.45, 2.75) is 40.5 Å². The Labute approximate surface area is 117 Å². The minimum absolute atomic E-state index is 0.510. The maximum atomic E-state index is 5.99. The lowest BCUT2D eigenvalue weighted by atomic mass is 9.98. The van der Waals surface area contributed by atoms with E-state index in [4.69, 9.17) is 4.74 Å². The van der Waals surface area contributed by atoms with Crippen LogP contribution in [-0.4, -0.2) is 12.4 Å². The highest BCUT2D eigenvalue weighted by molar-refractivity contribution is 7.80. The molecule has 1 aromatic carbocycles. The van der Waals surface area contributed by atoms with Gasteiger partial charge in [0.25, 0.3) is 0 Å². The number of hydrogen-bond acceptors (Lipinski definition) is 2. The number of thiol groups is 1. The molecular formula is C16H26OS. The van der Waals surface area contributed by atoms with E-state index < -0.39 is 0 Å². The number of hydrogen-bond donors (Lipinski definition) is 1. The summed E-state index contributed by atoms with van der Waals surface area (Å²) in [5.41, 5.74) is 2.55. The van der Waals surface area contributed by atoms with E-state index in [9.17, 15) is 0 Å². The SMILES string of the molecule is Cc1ccc(C(C)C)cc1OCC(CS)C(C)C. The van der Waals surface area contributed by atoms with Crippen LogP contribution in [0.3, 0.4) is 0 Å². The molecule has 0 aliphatic heterocycles. The van der Waals surface area contributed by atoms with Crippen LogP contribution in [0.5, 0.6) is 5.75 Å². The van der Waals surface area contributed by atoms with Crippen LogP contribution < -0.4 is 4.74 Å². The molecule has 1 unspecified atom stereocenters. The summed E-state index contributed by atoms with van der Waals surface area (Å²) in [4.78, 5) is 0. The van der Waals surface area contributed by atoms with E-state index in [2.05, 4.69) is 65.4 Å². The first-order valence-electron chi connectivity index (χ1n) is 6.79. The zero-order chi connectivity index (χ0) is 13.7. The van der Waals surface area contributed by atoms with Crippen molar-refractivity contribution in [2.24, 2.45) is 11.8 Å². The van der Waals surface area contributed by atoms with Crippen molar-refractivity contribution >= 4 is 12.6 Å². The van der Waals surface area contributed by atoms with Gasteiger partial charge >= 0.3 is 0 Å².